The van der Waals surface area contributed by atoms with Crippen LogP contribution in [0.25, 0.3) is 5.32 Å². The predicted molar refractivity (Wildman–Crippen MR) is 44.3 cm³/mol. The fraction of sp³-hybridized carbons (Fsp3) is 0.167. The Bertz CT molecular complexity index is 228. The molecule has 0 fully saturated rings. The summed E-state index contributed by atoms with van der Waals surface area (Å²) in [7, 11) is 0. The standard InChI is InChI=1S/C6H5Cl2N2/c1-2-6-9-4(7)3-5(8)10-6/h2-3H,1H3/q-1. The monoisotopic (exact) mass is 175 g/mol. The maximum absolute atomic E-state index is 5.57. The summed E-state index contributed by atoms with van der Waals surface area (Å²) in [4.78, 5) is 3.87. The molecule has 2 nitrogen and oxygen atoms in total. The Morgan fingerprint density at radius 3 is 2.80 bits per heavy atom. The molecular weight excluding hydrogens is 171 g/mol. The topological polar surface area (TPSA) is 26.5 Å². The van der Waals surface area contributed by atoms with Gasteiger partial charge >= 0.3 is 0 Å². The molecule has 10 heavy (non-hydrogen) atoms. The van der Waals surface area contributed by atoms with Gasteiger partial charge in [-0.15, -0.1) is 0 Å². The van der Waals surface area contributed by atoms with E-state index in [1.165, 1.54) is 6.08 Å². The fourth-order valence-electron chi connectivity index (χ4n) is 0.536. The van der Waals surface area contributed by atoms with Gasteiger partial charge in [-0.25, -0.2) is 0 Å². The van der Waals surface area contributed by atoms with Crippen LogP contribution in [0.2, 0.25) is 0 Å². The van der Waals surface area contributed by atoms with Gasteiger partial charge < -0.3 is 10.3 Å². The van der Waals surface area contributed by atoms with Gasteiger partial charge in [-0.3, -0.25) is 0 Å². The van der Waals surface area contributed by atoms with Crippen LogP contribution in [0.3, 0.4) is 0 Å². The quantitative estimate of drug-likeness (QED) is 0.507. The second kappa shape index (κ2) is 3.08. The fourth-order valence-corrected chi connectivity index (χ4v) is 0.972. The van der Waals surface area contributed by atoms with Crippen molar-refractivity contribution in [3.63, 3.8) is 0 Å². The third kappa shape index (κ3) is 1.75. The highest BCUT2D eigenvalue weighted by Gasteiger charge is 1.93. The van der Waals surface area contributed by atoms with Crippen LogP contribution < -0.4 is 0 Å². The summed E-state index contributed by atoms with van der Waals surface area (Å²) in [6.45, 7) is 1.82. The lowest BCUT2D eigenvalue weighted by molar-refractivity contribution is 1.32. The third-order valence-corrected chi connectivity index (χ3v) is 1.33. The van der Waals surface area contributed by atoms with Gasteiger partial charge in [0.15, 0.2) is 0 Å². The zero-order valence-electron chi connectivity index (χ0n) is 5.31. The first-order valence-electron chi connectivity index (χ1n) is 2.72. The minimum absolute atomic E-state index is 0.369. The summed E-state index contributed by atoms with van der Waals surface area (Å²) >= 11 is 11.1. The van der Waals surface area contributed by atoms with Gasteiger partial charge in [0.25, 0.3) is 0 Å². The van der Waals surface area contributed by atoms with Gasteiger partial charge in [0.2, 0.25) is 0 Å². The third-order valence-electron chi connectivity index (χ3n) is 0.939. The number of hydrogen-bond donors (Lipinski definition) is 0. The highest BCUT2D eigenvalue weighted by atomic mass is 35.5. The van der Waals surface area contributed by atoms with Crippen molar-refractivity contribution in [1.29, 1.82) is 0 Å². The van der Waals surface area contributed by atoms with Gasteiger partial charge in [-0.2, -0.15) is 0 Å². The molecular formula is C6H5Cl2N2-. The van der Waals surface area contributed by atoms with E-state index in [1.54, 1.807) is 6.08 Å². The molecule has 0 spiro atoms. The number of allylic oxidation sites excluding steroid dienone is 2. The smallest absolute Gasteiger partial charge is 0.0282 e. The van der Waals surface area contributed by atoms with E-state index >= 15 is 0 Å². The molecule has 1 aliphatic heterocycles. The average molecular weight is 176 g/mol. The molecule has 0 saturated carbocycles. The van der Waals surface area contributed by atoms with Gasteiger partial charge in [0, 0.05) is 10.3 Å². The average Bonchev–Trinajstić information content (AvgIpc) is 1.85. The Morgan fingerprint density at radius 2 is 2.30 bits per heavy atom. The molecule has 0 aromatic heterocycles. The Morgan fingerprint density at radius 1 is 1.60 bits per heavy atom. The van der Waals surface area contributed by atoms with Crippen molar-refractivity contribution in [1.82, 2.24) is 0 Å². The first-order chi connectivity index (χ1) is 4.72. The van der Waals surface area contributed by atoms with Crippen LogP contribution in [0.15, 0.2) is 28.1 Å². The minimum atomic E-state index is 0.369. The lowest BCUT2D eigenvalue weighted by Crippen LogP contribution is -1.91. The van der Waals surface area contributed by atoms with E-state index in [9.17, 15) is 0 Å². The van der Waals surface area contributed by atoms with Crippen LogP contribution in [0.1, 0.15) is 6.92 Å². The molecule has 1 heterocycles. The summed E-state index contributed by atoms with van der Waals surface area (Å²) in [5.74, 6) is 0.553. The molecule has 0 saturated heterocycles. The van der Waals surface area contributed by atoms with Gasteiger partial charge in [-0.1, -0.05) is 35.1 Å². The summed E-state index contributed by atoms with van der Waals surface area (Å²) < 4.78 is 0. The summed E-state index contributed by atoms with van der Waals surface area (Å²) in [6, 6.07) is 0. The number of rotatable bonds is 0. The molecule has 0 unspecified atom stereocenters. The number of nitrogens with zero attached hydrogens (tertiary/aromatic N) is 2. The zero-order chi connectivity index (χ0) is 7.56. The lowest BCUT2D eigenvalue weighted by atomic mass is 10.5. The molecule has 0 aromatic carbocycles. The summed E-state index contributed by atoms with van der Waals surface area (Å²) in [5, 5.41) is 4.60. The van der Waals surface area contributed by atoms with Gasteiger partial charge in [-0.05, 0) is 13.0 Å². The van der Waals surface area contributed by atoms with Crippen LogP contribution in [-0.2, 0) is 0 Å². The maximum Gasteiger partial charge on any atom is 0.0282 e. The molecule has 0 amide bonds. The Balaban J connectivity index is 2.87. The van der Waals surface area contributed by atoms with Crippen LogP contribution in [0.5, 0.6) is 0 Å². The molecule has 0 N–H and O–H groups in total. The normalized spacial score (nSPS) is 21.7. The number of hydrogen-bond acceptors (Lipinski definition) is 1. The first kappa shape index (κ1) is 7.63. The lowest BCUT2D eigenvalue weighted by Gasteiger charge is -2.20. The highest BCUT2D eigenvalue weighted by Crippen LogP contribution is 2.24. The molecule has 0 atom stereocenters. The maximum atomic E-state index is 5.57. The van der Waals surface area contributed by atoms with Gasteiger partial charge in [0.1, 0.15) is 0 Å². The predicted octanol–water partition coefficient (Wildman–Crippen LogP) is 2.95. The van der Waals surface area contributed by atoms with E-state index in [0.717, 1.165) is 0 Å². The van der Waals surface area contributed by atoms with E-state index in [-0.39, 0.29) is 0 Å². The highest BCUT2D eigenvalue weighted by molar-refractivity contribution is 6.69. The largest absolute Gasteiger partial charge is 0.426 e. The van der Waals surface area contributed by atoms with Crippen LogP contribution in [-0.4, -0.2) is 5.17 Å². The Hall–Kier alpha value is -0.470. The van der Waals surface area contributed by atoms with E-state index in [2.05, 4.69) is 10.3 Å². The SMILES string of the molecule is CC=C1N=C(Cl)C=C(Cl)[N-]1. The molecule has 0 aliphatic carbocycles. The molecule has 1 aliphatic rings. The van der Waals surface area contributed by atoms with Crippen molar-refractivity contribution in [2.24, 2.45) is 4.99 Å². The van der Waals surface area contributed by atoms with Crippen molar-refractivity contribution in [2.75, 3.05) is 0 Å². The van der Waals surface area contributed by atoms with Crippen molar-refractivity contribution in [2.45, 2.75) is 6.92 Å². The summed E-state index contributed by atoms with van der Waals surface area (Å²) in [6.07, 6.45) is 3.23. The van der Waals surface area contributed by atoms with Crippen molar-refractivity contribution < 1.29 is 0 Å². The first-order valence-corrected chi connectivity index (χ1v) is 3.47. The molecule has 54 valence electrons. The van der Waals surface area contributed by atoms with Gasteiger partial charge in [0.05, 0.1) is 0 Å². The van der Waals surface area contributed by atoms with Crippen LogP contribution in [0.4, 0.5) is 0 Å². The second-order valence-electron chi connectivity index (χ2n) is 1.66. The number of halogens is 2. The molecule has 0 bridgehead atoms. The molecule has 0 radical (unpaired) electrons. The Labute approximate surface area is 69.2 Å². The van der Waals surface area contributed by atoms with E-state index in [0.29, 0.717) is 16.1 Å². The number of aliphatic imine (C=N–C) groups is 1. The molecule has 4 heteroatoms. The second-order valence-corrected chi connectivity index (χ2v) is 2.43. The zero-order valence-corrected chi connectivity index (χ0v) is 6.82. The molecule has 1 rings (SSSR count). The van der Waals surface area contributed by atoms with Crippen molar-refractivity contribution in [3.8, 4) is 0 Å². The summed E-state index contributed by atoms with van der Waals surface area (Å²) in [5.41, 5.74) is 0. The van der Waals surface area contributed by atoms with Crippen LogP contribution in [0, 0.1) is 0 Å². The molecule has 0 aromatic rings. The van der Waals surface area contributed by atoms with Crippen LogP contribution >= 0.6 is 23.2 Å². The van der Waals surface area contributed by atoms with E-state index < -0.39 is 0 Å². The van der Waals surface area contributed by atoms with Crippen molar-refractivity contribution >= 4 is 28.4 Å². The van der Waals surface area contributed by atoms with E-state index in [4.69, 9.17) is 23.2 Å². The van der Waals surface area contributed by atoms with E-state index in [1.807, 2.05) is 6.92 Å². The van der Waals surface area contributed by atoms with Crippen molar-refractivity contribution in [3.05, 3.63) is 28.4 Å². The minimum Gasteiger partial charge on any atom is -0.426 e. The Kier molecular flexibility index (Phi) is 2.35.